The summed E-state index contributed by atoms with van der Waals surface area (Å²) in [6.07, 6.45) is 0. The summed E-state index contributed by atoms with van der Waals surface area (Å²) < 4.78 is 4.65. The van der Waals surface area contributed by atoms with E-state index in [1.54, 1.807) is 26.0 Å². The van der Waals surface area contributed by atoms with Gasteiger partial charge in [-0.15, -0.1) is 0 Å². The van der Waals surface area contributed by atoms with Gasteiger partial charge in [-0.05, 0) is 31.5 Å². The molecule has 0 spiro atoms. The van der Waals surface area contributed by atoms with Crippen molar-refractivity contribution in [1.82, 2.24) is 5.32 Å². The highest BCUT2D eigenvalue weighted by molar-refractivity contribution is 5.94. The molecule has 108 valence electrons. The zero-order chi connectivity index (χ0) is 15.1. The molecule has 0 radical (unpaired) electrons. The van der Waals surface area contributed by atoms with Crippen molar-refractivity contribution < 1.29 is 24.2 Å². The Morgan fingerprint density at radius 2 is 2.00 bits per heavy atom. The molecular formula is C13H16N2O5. The molecule has 0 aliphatic heterocycles. The molecule has 1 aromatic rings. The monoisotopic (exact) mass is 280 g/mol. The Balaban J connectivity index is 2.60. The molecule has 0 atom stereocenters. The minimum absolute atomic E-state index is 0.105. The van der Waals surface area contributed by atoms with Crippen LogP contribution < -0.4 is 10.6 Å². The minimum Gasteiger partial charge on any atom is -0.478 e. The molecule has 7 nitrogen and oxygen atoms in total. The van der Waals surface area contributed by atoms with Gasteiger partial charge in [-0.2, -0.15) is 0 Å². The number of nitrogens with one attached hydrogen (secondary N) is 2. The first-order chi connectivity index (χ1) is 9.43. The summed E-state index contributed by atoms with van der Waals surface area (Å²) in [5.41, 5.74) is 1.03. The SMILES string of the molecule is CCOC(=O)CNC(=O)Nc1ccc(C)c(C(=O)O)c1. The highest BCUT2D eigenvalue weighted by Crippen LogP contribution is 2.15. The molecule has 0 fully saturated rings. The predicted octanol–water partition coefficient (Wildman–Crippen LogP) is 1.38. The van der Waals surface area contributed by atoms with Crippen LogP contribution in [-0.2, 0) is 9.53 Å². The summed E-state index contributed by atoms with van der Waals surface area (Å²) in [6.45, 7) is 3.31. The van der Waals surface area contributed by atoms with E-state index in [9.17, 15) is 14.4 Å². The second kappa shape index (κ2) is 7.13. The van der Waals surface area contributed by atoms with Gasteiger partial charge in [0.1, 0.15) is 6.54 Å². The van der Waals surface area contributed by atoms with Gasteiger partial charge in [0, 0.05) is 5.69 Å². The average molecular weight is 280 g/mol. The Bertz CT molecular complexity index is 527. The van der Waals surface area contributed by atoms with Crippen molar-refractivity contribution in [2.24, 2.45) is 0 Å². The first-order valence-electron chi connectivity index (χ1n) is 5.98. The summed E-state index contributed by atoms with van der Waals surface area (Å²) in [4.78, 5) is 33.5. The van der Waals surface area contributed by atoms with Gasteiger partial charge in [0.2, 0.25) is 0 Å². The van der Waals surface area contributed by atoms with E-state index in [2.05, 4.69) is 15.4 Å². The van der Waals surface area contributed by atoms with E-state index in [0.29, 0.717) is 11.3 Å². The maximum Gasteiger partial charge on any atom is 0.336 e. The fraction of sp³-hybridized carbons (Fsp3) is 0.308. The number of carbonyl (C=O) groups excluding carboxylic acids is 2. The van der Waals surface area contributed by atoms with Crippen molar-refractivity contribution in [3.05, 3.63) is 29.3 Å². The molecule has 7 heteroatoms. The highest BCUT2D eigenvalue weighted by Gasteiger charge is 2.10. The Morgan fingerprint density at radius 3 is 2.60 bits per heavy atom. The lowest BCUT2D eigenvalue weighted by molar-refractivity contribution is -0.141. The van der Waals surface area contributed by atoms with Gasteiger partial charge in [0.25, 0.3) is 0 Å². The molecular weight excluding hydrogens is 264 g/mol. The number of ether oxygens (including phenoxy) is 1. The molecule has 0 bridgehead atoms. The minimum atomic E-state index is -1.07. The van der Waals surface area contributed by atoms with E-state index in [0.717, 1.165) is 0 Å². The Kier molecular flexibility index (Phi) is 5.52. The number of amides is 2. The second-order valence-corrected chi connectivity index (χ2v) is 3.95. The van der Waals surface area contributed by atoms with Crippen LogP contribution in [-0.4, -0.2) is 36.2 Å². The van der Waals surface area contributed by atoms with Crippen LogP contribution in [0.4, 0.5) is 10.5 Å². The maximum atomic E-state index is 11.5. The second-order valence-electron chi connectivity index (χ2n) is 3.95. The Hall–Kier alpha value is -2.57. The van der Waals surface area contributed by atoms with Crippen LogP contribution >= 0.6 is 0 Å². The van der Waals surface area contributed by atoms with Crippen LogP contribution in [0.5, 0.6) is 0 Å². The topological polar surface area (TPSA) is 105 Å². The van der Waals surface area contributed by atoms with Crippen LogP contribution in [0.2, 0.25) is 0 Å². The molecule has 20 heavy (non-hydrogen) atoms. The summed E-state index contributed by atoms with van der Waals surface area (Å²) in [5.74, 6) is -1.61. The fourth-order valence-corrected chi connectivity index (χ4v) is 1.47. The maximum absolute atomic E-state index is 11.5. The standard InChI is InChI=1S/C13H16N2O5/c1-3-20-11(16)7-14-13(19)15-9-5-4-8(2)10(6-9)12(17)18/h4-6H,3,7H2,1-2H3,(H,17,18)(H2,14,15,19). The smallest absolute Gasteiger partial charge is 0.336 e. The molecule has 1 rings (SSSR count). The molecule has 0 aliphatic rings. The van der Waals surface area contributed by atoms with E-state index in [4.69, 9.17) is 5.11 Å². The van der Waals surface area contributed by atoms with E-state index in [-0.39, 0.29) is 18.7 Å². The van der Waals surface area contributed by atoms with E-state index < -0.39 is 18.0 Å². The molecule has 0 saturated heterocycles. The molecule has 0 unspecified atom stereocenters. The van der Waals surface area contributed by atoms with Crippen LogP contribution in [0, 0.1) is 6.92 Å². The average Bonchev–Trinajstić information content (AvgIpc) is 2.39. The van der Waals surface area contributed by atoms with Crippen LogP contribution in [0.3, 0.4) is 0 Å². The van der Waals surface area contributed by atoms with E-state index in [1.807, 2.05) is 0 Å². The number of aryl methyl sites for hydroxylation is 1. The first-order valence-corrected chi connectivity index (χ1v) is 5.98. The van der Waals surface area contributed by atoms with Crippen molar-refractivity contribution in [3.8, 4) is 0 Å². The zero-order valence-corrected chi connectivity index (χ0v) is 11.2. The Morgan fingerprint density at radius 1 is 1.30 bits per heavy atom. The number of carboxylic acids is 1. The lowest BCUT2D eigenvalue weighted by atomic mass is 10.1. The third kappa shape index (κ3) is 4.60. The third-order valence-corrected chi connectivity index (χ3v) is 2.42. The van der Waals surface area contributed by atoms with E-state index in [1.165, 1.54) is 6.07 Å². The molecule has 0 aliphatic carbocycles. The van der Waals surface area contributed by atoms with Crippen molar-refractivity contribution in [2.75, 3.05) is 18.5 Å². The normalized spacial score (nSPS) is 9.70. The summed E-state index contributed by atoms with van der Waals surface area (Å²) >= 11 is 0. The lowest BCUT2D eigenvalue weighted by Gasteiger charge is -2.09. The van der Waals surface area contributed by atoms with Gasteiger partial charge in [-0.1, -0.05) is 6.07 Å². The fourth-order valence-electron chi connectivity index (χ4n) is 1.47. The van der Waals surface area contributed by atoms with Crippen molar-refractivity contribution in [2.45, 2.75) is 13.8 Å². The van der Waals surface area contributed by atoms with Gasteiger partial charge in [0.15, 0.2) is 0 Å². The van der Waals surface area contributed by atoms with Crippen LogP contribution in [0.25, 0.3) is 0 Å². The number of benzene rings is 1. The number of hydrogen-bond donors (Lipinski definition) is 3. The zero-order valence-electron chi connectivity index (χ0n) is 11.2. The third-order valence-electron chi connectivity index (χ3n) is 2.42. The molecule has 0 saturated carbocycles. The number of aromatic carboxylic acids is 1. The molecule has 0 heterocycles. The summed E-state index contributed by atoms with van der Waals surface area (Å²) in [7, 11) is 0. The van der Waals surface area contributed by atoms with Crippen LogP contribution in [0.1, 0.15) is 22.8 Å². The first kappa shape index (κ1) is 15.5. The van der Waals surface area contributed by atoms with E-state index >= 15 is 0 Å². The van der Waals surface area contributed by atoms with Gasteiger partial charge >= 0.3 is 18.0 Å². The predicted molar refractivity (Wildman–Crippen MR) is 71.8 cm³/mol. The molecule has 3 N–H and O–H groups in total. The number of carbonyl (C=O) groups is 3. The van der Waals surface area contributed by atoms with Gasteiger partial charge in [0.05, 0.1) is 12.2 Å². The highest BCUT2D eigenvalue weighted by atomic mass is 16.5. The molecule has 0 aromatic heterocycles. The van der Waals surface area contributed by atoms with Gasteiger partial charge in [-0.3, -0.25) is 4.79 Å². The summed E-state index contributed by atoms with van der Waals surface area (Å²) in [5, 5.41) is 13.7. The number of carboxylic acid groups (broad SMARTS) is 1. The number of hydrogen-bond acceptors (Lipinski definition) is 4. The number of urea groups is 1. The Labute approximate surface area is 115 Å². The van der Waals surface area contributed by atoms with Crippen LogP contribution in [0.15, 0.2) is 18.2 Å². The van der Waals surface area contributed by atoms with Gasteiger partial charge < -0.3 is 20.5 Å². The molecule has 1 aromatic carbocycles. The van der Waals surface area contributed by atoms with Gasteiger partial charge in [-0.25, -0.2) is 9.59 Å². The van der Waals surface area contributed by atoms with Crippen molar-refractivity contribution in [1.29, 1.82) is 0 Å². The number of anilines is 1. The number of esters is 1. The largest absolute Gasteiger partial charge is 0.478 e. The van der Waals surface area contributed by atoms with Crippen molar-refractivity contribution in [3.63, 3.8) is 0 Å². The number of rotatable bonds is 5. The molecule has 2 amide bonds. The lowest BCUT2D eigenvalue weighted by Crippen LogP contribution is -2.34. The van der Waals surface area contributed by atoms with Crippen molar-refractivity contribution >= 4 is 23.7 Å². The summed E-state index contributed by atoms with van der Waals surface area (Å²) in [6, 6.07) is 3.90. The quantitative estimate of drug-likeness (QED) is 0.707.